The highest BCUT2D eigenvalue weighted by atomic mass is 16.6. The van der Waals surface area contributed by atoms with E-state index in [-0.39, 0.29) is 37.8 Å². The summed E-state index contributed by atoms with van der Waals surface area (Å²) in [6, 6.07) is 0. The largest absolute Gasteiger partial charge is 0.481 e. The van der Waals surface area contributed by atoms with Crippen molar-refractivity contribution in [3.63, 3.8) is 0 Å². The molecular weight excluding hydrogens is 738 g/mol. The van der Waals surface area contributed by atoms with Gasteiger partial charge in [0, 0.05) is 18.3 Å². The molecule has 57 heavy (non-hydrogen) atoms. The third-order valence-electron chi connectivity index (χ3n) is 10.0. The molecule has 2 aromatic heterocycles. The third-order valence-corrected chi connectivity index (χ3v) is 10.0. The summed E-state index contributed by atoms with van der Waals surface area (Å²) < 4.78 is 21.0. The zero-order chi connectivity index (χ0) is 41.8. The van der Waals surface area contributed by atoms with E-state index in [1.807, 2.05) is 0 Å². The van der Waals surface area contributed by atoms with Gasteiger partial charge in [-0.25, -0.2) is 15.1 Å². The normalized spacial score (nSPS) is 16.4. The van der Waals surface area contributed by atoms with E-state index in [0.29, 0.717) is 29.9 Å². The van der Waals surface area contributed by atoms with Crippen LogP contribution < -0.4 is 16.1 Å². The number of amides is 3. The van der Waals surface area contributed by atoms with Gasteiger partial charge in [-0.2, -0.15) is 9.97 Å². The Morgan fingerprint density at radius 1 is 0.684 bits per heavy atom. The van der Waals surface area contributed by atoms with Gasteiger partial charge in [0.25, 0.3) is 0 Å². The minimum absolute atomic E-state index is 0.0359. The molecule has 2 saturated carbocycles. The summed E-state index contributed by atoms with van der Waals surface area (Å²) in [4.78, 5) is 55.0. The first-order chi connectivity index (χ1) is 27.0. The Labute approximate surface area is 336 Å². The number of aromatic nitrogens is 4. The first-order valence-corrected chi connectivity index (χ1v) is 20.7. The van der Waals surface area contributed by atoms with Gasteiger partial charge in [0.05, 0.1) is 19.5 Å². The molecule has 0 radical (unpaired) electrons. The summed E-state index contributed by atoms with van der Waals surface area (Å²) >= 11 is 0. The monoisotopic (exact) mass is 805 g/mol. The molecule has 0 aliphatic heterocycles. The SMILES string of the molecule is CC(C)(C)OC(=O)NCc1noc([C@H](CCCC2CCCCC2)CC(=O)NO)n1.CC(C)(C)OC(=O)NCc1noc([C@H](CCCC2CCCCC2)CC(=O)O)n1. The van der Waals surface area contributed by atoms with Crippen LogP contribution in [0.4, 0.5) is 9.59 Å². The van der Waals surface area contributed by atoms with E-state index in [9.17, 15) is 24.3 Å². The number of nitrogens with one attached hydrogen (secondary N) is 3. The number of carbonyl (C=O) groups excluding carboxylic acids is 3. The highest BCUT2D eigenvalue weighted by Crippen LogP contribution is 2.32. The number of ether oxygens (including phenoxy) is 2. The molecule has 17 heteroatoms. The van der Waals surface area contributed by atoms with Crippen molar-refractivity contribution in [3.05, 3.63) is 23.4 Å². The van der Waals surface area contributed by atoms with Gasteiger partial charge < -0.3 is 34.3 Å². The van der Waals surface area contributed by atoms with Gasteiger partial charge in [0.2, 0.25) is 17.7 Å². The number of carboxylic acids is 1. The molecule has 0 saturated heterocycles. The fourth-order valence-electron chi connectivity index (χ4n) is 7.30. The maximum Gasteiger partial charge on any atom is 0.408 e. The summed E-state index contributed by atoms with van der Waals surface area (Å²) in [6.45, 7) is 10.8. The Morgan fingerprint density at radius 2 is 1.09 bits per heavy atom. The van der Waals surface area contributed by atoms with Gasteiger partial charge >= 0.3 is 18.2 Å². The molecule has 322 valence electrons. The second-order valence-electron chi connectivity index (χ2n) is 17.4. The van der Waals surface area contributed by atoms with Gasteiger partial charge in [0.1, 0.15) is 11.2 Å². The molecule has 0 spiro atoms. The van der Waals surface area contributed by atoms with Gasteiger partial charge in [-0.1, -0.05) is 100 Å². The lowest BCUT2D eigenvalue weighted by Gasteiger charge is -2.22. The van der Waals surface area contributed by atoms with E-state index in [4.69, 9.17) is 23.7 Å². The van der Waals surface area contributed by atoms with E-state index >= 15 is 0 Å². The fraction of sp³-hybridized carbons (Fsp3) is 0.800. The van der Waals surface area contributed by atoms with Crippen molar-refractivity contribution in [2.45, 2.75) is 193 Å². The van der Waals surface area contributed by atoms with Crippen LogP contribution in [0.2, 0.25) is 0 Å². The first-order valence-electron chi connectivity index (χ1n) is 20.7. The Balaban J connectivity index is 0.000000306. The number of hydrogen-bond acceptors (Lipinski definition) is 13. The lowest BCUT2D eigenvalue weighted by molar-refractivity contribution is -0.137. The molecular formula is C40H67N7O10. The Kier molecular flexibility index (Phi) is 19.7. The smallest absolute Gasteiger partial charge is 0.408 e. The van der Waals surface area contributed by atoms with Crippen LogP contribution in [0.3, 0.4) is 0 Å². The average molecular weight is 806 g/mol. The van der Waals surface area contributed by atoms with Crippen LogP contribution in [0.5, 0.6) is 0 Å². The van der Waals surface area contributed by atoms with E-state index < -0.39 is 35.3 Å². The number of carboxylic acid groups (broad SMARTS) is 1. The zero-order valence-corrected chi connectivity index (χ0v) is 34.9. The number of rotatable bonds is 18. The van der Waals surface area contributed by atoms with E-state index in [1.54, 1.807) is 47.0 Å². The van der Waals surface area contributed by atoms with Crippen molar-refractivity contribution in [2.24, 2.45) is 11.8 Å². The lowest BCUT2D eigenvalue weighted by Crippen LogP contribution is -2.32. The molecule has 0 unspecified atom stereocenters. The Bertz CT molecular complexity index is 1500. The maximum atomic E-state index is 11.7. The molecule has 2 aliphatic rings. The predicted molar refractivity (Wildman–Crippen MR) is 208 cm³/mol. The molecule has 2 aromatic rings. The molecule has 2 fully saturated rings. The van der Waals surface area contributed by atoms with Crippen molar-refractivity contribution in [1.82, 2.24) is 36.4 Å². The molecule has 4 rings (SSSR count). The van der Waals surface area contributed by atoms with Crippen LogP contribution in [0.15, 0.2) is 9.05 Å². The quantitative estimate of drug-likeness (QED) is 0.0704. The number of hydroxylamine groups is 1. The summed E-state index contributed by atoms with van der Waals surface area (Å²) in [5.74, 6) is 0.871. The molecule has 17 nitrogen and oxygen atoms in total. The van der Waals surface area contributed by atoms with Crippen LogP contribution in [0, 0.1) is 11.8 Å². The van der Waals surface area contributed by atoms with E-state index in [2.05, 4.69) is 30.9 Å². The minimum atomic E-state index is -0.880. The highest BCUT2D eigenvalue weighted by Gasteiger charge is 2.26. The number of hydrogen-bond donors (Lipinski definition) is 5. The Hall–Kier alpha value is -4.28. The maximum absolute atomic E-state index is 11.7. The summed E-state index contributed by atoms with van der Waals surface area (Å²) in [5, 5.41) is 31.0. The molecule has 0 aromatic carbocycles. The second-order valence-corrected chi connectivity index (χ2v) is 17.4. The molecule has 5 N–H and O–H groups in total. The van der Waals surface area contributed by atoms with Gasteiger partial charge in [-0.3, -0.25) is 14.8 Å². The van der Waals surface area contributed by atoms with Crippen LogP contribution in [0.1, 0.15) is 192 Å². The van der Waals surface area contributed by atoms with Crippen molar-refractivity contribution in [2.75, 3.05) is 0 Å². The highest BCUT2D eigenvalue weighted by molar-refractivity contribution is 5.75. The fourth-order valence-corrected chi connectivity index (χ4v) is 7.30. The minimum Gasteiger partial charge on any atom is -0.481 e. The standard InChI is InChI=1S/C20H34N4O5.C20H33N3O5/c1-20(2,3)28-19(26)21-13-16-22-18(29-24-16)15(12-17(25)23-27)11-7-10-14-8-5-4-6-9-14;1-20(2,3)27-19(26)21-13-16-22-18(28-23-16)15(12-17(24)25)11-7-10-14-8-5-4-6-9-14/h14-15,27H,4-13H2,1-3H3,(H,21,26)(H,23,25);14-15H,4-13H2,1-3H3,(H,21,26)(H,24,25)/t2*15-/m11/s1. The summed E-state index contributed by atoms with van der Waals surface area (Å²) in [6.07, 6.45) is 17.5. The van der Waals surface area contributed by atoms with Gasteiger partial charge in [0.15, 0.2) is 11.6 Å². The van der Waals surface area contributed by atoms with E-state index in [0.717, 1.165) is 43.9 Å². The van der Waals surface area contributed by atoms with Crippen LogP contribution in [-0.4, -0.2) is 65.9 Å². The van der Waals surface area contributed by atoms with Gasteiger partial charge in [-0.15, -0.1) is 0 Å². The number of alkyl carbamates (subject to hydrolysis) is 2. The first kappa shape index (κ1) is 47.1. The molecule has 3 amide bonds. The van der Waals surface area contributed by atoms with Crippen molar-refractivity contribution >= 4 is 24.1 Å². The average Bonchev–Trinajstić information content (AvgIpc) is 3.82. The van der Waals surface area contributed by atoms with Gasteiger partial charge in [-0.05, 0) is 66.2 Å². The number of nitrogens with zero attached hydrogens (tertiary/aromatic N) is 4. The number of aliphatic carboxylic acids is 1. The topological polar surface area (TPSA) is 241 Å². The predicted octanol–water partition coefficient (Wildman–Crippen LogP) is 8.23. The second kappa shape index (κ2) is 23.8. The summed E-state index contributed by atoms with van der Waals surface area (Å²) in [7, 11) is 0. The lowest BCUT2D eigenvalue weighted by atomic mass is 9.84. The van der Waals surface area contributed by atoms with Crippen molar-refractivity contribution in [1.29, 1.82) is 0 Å². The van der Waals surface area contributed by atoms with E-state index in [1.165, 1.54) is 64.2 Å². The number of carbonyl (C=O) groups is 4. The zero-order valence-electron chi connectivity index (χ0n) is 34.9. The Morgan fingerprint density at radius 3 is 1.46 bits per heavy atom. The third kappa shape index (κ3) is 20.1. The molecule has 2 aliphatic carbocycles. The molecule has 2 atom stereocenters. The summed E-state index contributed by atoms with van der Waals surface area (Å²) in [5.41, 5.74) is 0.496. The molecule has 2 heterocycles. The van der Waals surface area contributed by atoms with Crippen LogP contribution in [0.25, 0.3) is 0 Å². The van der Waals surface area contributed by atoms with Crippen molar-refractivity contribution in [3.8, 4) is 0 Å². The molecule has 0 bridgehead atoms. The van der Waals surface area contributed by atoms with Crippen molar-refractivity contribution < 1.29 is 48.0 Å². The van der Waals surface area contributed by atoms with Crippen LogP contribution >= 0.6 is 0 Å². The van der Waals surface area contributed by atoms with Crippen LogP contribution in [-0.2, 0) is 32.2 Å².